The van der Waals surface area contributed by atoms with Crippen molar-refractivity contribution in [3.05, 3.63) is 0 Å². The topological polar surface area (TPSA) is 3.24 Å². The molecule has 1 nitrogen and oxygen atoms in total. The first-order valence-electron chi connectivity index (χ1n) is 6.87. The summed E-state index contributed by atoms with van der Waals surface area (Å²) in [6.45, 7) is 9.13. The Balaban J connectivity index is 1.91. The standard InChI is InChI=1S/C14H26FN/c1-11-4-5-13(10-14(11,2)3)16-8-6-12(15)7-9-16/h11-13H,4-10H2,1-3H3/t11?,13-/m1/s1. The molecule has 0 aromatic heterocycles. The highest BCUT2D eigenvalue weighted by molar-refractivity contribution is 4.90. The van der Waals surface area contributed by atoms with Crippen molar-refractivity contribution in [2.75, 3.05) is 13.1 Å². The van der Waals surface area contributed by atoms with Crippen molar-refractivity contribution < 1.29 is 4.39 Å². The fourth-order valence-electron chi connectivity index (χ4n) is 3.29. The van der Waals surface area contributed by atoms with Crippen molar-refractivity contribution in [2.24, 2.45) is 11.3 Å². The molecule has 0 aromatic rings. The van der Waals surface area contributed by atoms with Crippen LogP contribution < -0.4 is 0 Å². The second-order valence-corrected chi connectivity index (χ2v) is 6.54. The molecule has 2 atom stereocenters. The number of rotatable bonds is 1. The molecule has 16 heavy (non-hydrogen) atoms. The number of hydrogen-bond donors (Lipinski definition) is 0. The second-order valence-electron chi connectivity index (χ2n) is 6.54. The van der Waals surface area contributed by atoms with Gasteiger partial charge in [0.1, 0.15) is 6.17 Å². The van der Waals surface area contributed by atoms with Crippen LogP contribution in [0.2, 0.25) is 0 Å². The zero-order valence-corrected chi connectivity index (χ0v) is 11.0. The van der Waals surface area contributed by atoms with Crippen molar-refractivity contribution in [2.45, 2.75) is 65.1 Å². The summed E-state index contributed by atoms with van der Waals surface area (Å²) >= 11 is 0. The number of piperidine rings is 1. The predicted molar refractivity (Wildman–Crippen MR) is 66.3 cm³/mol. The van der Waals surface area contributed by atoms with Crippen LogP contribution in [0.5, 0.6) is 0 Å². The van der Waals surface area contributed by atoms with E-state index < -0.39 is 6.17 Å². The van der Waals surface area contributed by atoms with Gasteiger partial charge < -0.3 is 4.90 Å². The maximum atomic E-state index is 13.1. The summed E-state index contributed by atoms with van der Waals surface area (Å²) in [5.74, 6) is 0.836. The van der Waals surface area contributed by atoms with E-state index in [0.29, 0.717) is 5.41 Å². The third-order valence-corrected chi connectivity index (χ3v) is 5.00. The summed E-state index contributed by atoms with van der Waals surface area (Å²) in [6, 6.07) is 0.721. The Bertz CT molecular complexity index is 231. The lowest BCUT2D eigenvalue weighted by Gasteiger charge is -2.46. The summed E-state index contributed by atoms with van der Waals surface area (Å²) in [6.07, 6.45) is 4.94. The van der Waals surface area contributed by atoms with Crippen molar-refractivity contribution >= 4 is 0 Å². The molecule has 0 aromatic carbocycles. The number of nitrogens with zero attached hydrogens (tertiary/aromatic N) is 1. The van der Waals surface area contributed by atoms with Crippen molar-refractivity contribution in [3.8, 4) is 0 Å². The fourth-order valence-corrected chi connectivity index (χ4v) is 3.29. The van der Waals surface area contributed by atoms with Gasteiger partial charge in [0.2, 0.25) is 0 Å². The summed E-state index contributed by atoms with van der Waals surface area (Å²) < 4.78 is 13.1. The summed E-state index contributed by atoms with van der Waals surface area (Å²) in [5, 5.41) is 0. The van der Waals surface area contributed by atoms with Crippen LogP contribution in [0.1, 0.15) is 52.9 Å². The highest BCUT2D eigenvalue weighted by Gasteiger charge is 2.37. The molecule has 2 aliphatic rings. The van der Waals surface area contributed by atoms with Gasteiger partial charge in [-0.2, -0.15) is 0 Å². The van der Waals surface area contributed by atoms with Gasteiger partial charge in [-0.05, 0) is 43.4 Å². The molecule has 0 bridgehead atoms. The maximum absolute atomic E-state index is 13.1. The van der Waals surface area contributed by atoms with E-state index in [9.17, 15) is 4.39 Å². The van der Waals surface area contributed by atoms with Gasteiger partial charge in [0.15, 0.2) is 0 Å². The SMILES string of the molecule is CC1CC[C@@H](N2CCC(F)CC2)CC1(C)C. The van der Waals surface area contributed by atoms with Crippen LogP contribution in [0.4, 0.5) is 4.39 Å². The Hall–Kier alpha value is -0.110. The van der Waals surface area contributed by atoms with Crippen LogP contribution in [0.25, 0.3) is 0 Å². The smallest absolute Gasteiger partial charge is 0.103 e. The maximum Gasteiger partial charge on any atom is 0.103 e. The van der Waals surface area contributed by atoms with Gasteiger partial charge >= 0.3 is 0 Å². The Morgan fingerprint density at radius 3 is 2.25 bits per heavy atom. The Labute approximate surface area is 99.4 Å². The van der Waals surface area contributed by atoms with Gasteiger partial charge in [0.25, 0.3) is 0 Å². The predicted octanol–water partition coefficient (Wildman–Crippen LogP) is 3.64. The van der Waals surface area contributed by atoms with Gasteiger partial charge in [-0.1, -0.05) is 20.8 Å². The number of hydrogen-bond acceptors (Lipinski definition) is 1. The lowest BCUT2D eigenvalue weighted by atomic mass is 9.67. The van der Waals surface area contributed by atoms with Crippen LogP contribution in [-0.4, -0.2) is 30.2 Å². The molecular formula is C14H26FN. The number of halogens is 1. The zero-order valence-electron chi connectivity index (χ0n) is 11.0. The highest BCUT2D eigenvalue weighted by atomic mass is 19.1. The average Bonchev–Trinajstić information content (AvgIpc) is 2.23. The van der Waals surface area contributed by atoms with E-state index in [2.05, 4.69) is 25.7 Å². The van der Waals surface area contributed by atoms with E-state index in [1.807, 2.05) is 0 Å². The minimum atomic E-state index is -0.535. The number of likely N-dealkylation sites (tertiary alicyclic amines) is 1. The summed E-state index contributed by atoms with van der Waals surface area (Å²) in [7, 11) is 0. The van der Waals surface area contributed by atoms with Crippen LogP contribution in [0.3, 0.4) is 0 Å². The minimum absolute atomic E-state index is 0.468. The summed E-state index contributed by atoms with van der Waals surface area (Å²) in [4.78, 5) is 2.55. The van der Waals surface area contributed by atoms with Crippen molar-refractivity contribution in [1.29, 1.82) is 0 Å². The minimum Gasteiger partial charge on any atom is -0.300 e. The molecule has 2 fully saturated rings. The Morgan fingerprint density at radius 2 is 1.69 bits per heavy atom. The largest absolute Gasteiger partial charge is 0.300 e. The molecule has 1 unspecified atom stereocenters. The Morgan fingerprint density at radius 1 is 1.06 bits per heavy atom. The van der Waals surface area contributed by atoms with E-state index in [0.717, 1.165) is 37.9 Å². The first kappa shape index (κ1) is 12.3. The molecular weight excluding hydrogens is 201 g/mol. The number of alkyl halides is 1. The lowest BCUT2D eigenvalue weighted by Crippen LogP contribution is -2.47. The average molecular weight is 227 g/mol. The third-order valence-electron chi connectivity index (χ3n) is 5.00. The van der Waals surface area contributed by atoms with Gasteiger partial charge in [-0.25, -0.2) is 4.39 Å². The molecule has 0 spiro atoms. The molecule has 1 saturated carbocycles. The highest BCUT2D eigenvalue weighted by Crippen LogP contribution is 2.42. The lowest BCUT2D eigenvalue weighted by molar-refractivity contribution is 0.0314. The van der Waals surface area contributed by atoms with E-state index in [1.165, 1.54) is 19.3 Å². The molecule has 1 aliphatic carbocycles. The van der Waals surface area contributed by atoms with Gasteiger partial charge in [0, 0.05) is 19.1 Å². The fraction of sp³-hybridized carbons (Fsp3) is 1.00. The molecule has 1 heterocycles. The van der Waals surface area contributed by atoms with E-state index in [-0.39, 0.29) is 0 Å². The molecule has 94 valence electrons. The third kappa shape index (κ3) is 2.58. The molecule has 0 N–H and O–H groups in total. The van der Waals surface area contributed by atoms with Gasteiger partial charge in [0.05, 0.1) is 0 Å². The van der Waals surface area contributed by atoms with Crippen LogP contribution in [0.15, 0.2) is 0 Å². The van der Waals surface area contributed by atoms with Crippen LogP contribution >= 0.6 is 0 Å². The summed E-state index contributed by atoms with van der Waals surface area (Å²) in [5.41, 5.74) is 0.468. The molecule has 2 rings (SSSR count). The zero-order chi connectivity index (χ0) is 11.8. The van der Waals surface area contributed by atoms with E-state index in [1.54, 1.807) is 0 Å². The van der Waals surface area contributed by atoms with Gasteiger partial charge in [-0.3, -0.25) is 0 Å². The van der Waals surface area contributed by atoms with E-state index in [4.69, 9.17) is 0 Å². The molecule has 2 heteroatoms. The molecule has 1 aliphatic heterocycles. The van der Waals surface area contributed by atoms with Crippen molar-refractivity contribution in [1.82, 2.24) is 4.90 Å². The quantitative estimate of drug-likeness (QED) is 0.661. The van der Waals surface area contributed by atoms with E-state index >= 15 is 0 Å². The first-order chi connectivity index (χ1) is 7.49. The molecule has 0 radical (unpaired) electrons. The van der Waals surface area contributed by atoms with Crippen molar-refractivity contribution in [3.63, 3.8) is 0 Å². The monoisotopic (exact) mass is 227 g/mol. The normalized spacial score (nSPS) is 37.5. The van der Waals surface area contributed by atoms with Gasteiger partial charge in [-0.15, -0.1) is 0 Å². The van der Waals surface area contributed by atoms with Crippen LogP contribution in [0, 0.1) is 11.3 Å². The van der Waals surface area contributed by atoms with Crippen LogP contribution in [-0.2, 0) is 0 Å². The molecule has 0 amide bonds. The first-order valence-corrected chi connectivity index (χ1v) is 6.87. The molecule has 1 saturated heterocycles. The Kier molecular flexibility index (Phi) is 3.58. The second kappa shape index (κ2) is 4.64.